The lowest BCUT2D eigenvalue weighted by atomic mass is 9.85. The molecule has 144 valence electrons. The number of carbonyl (C=O) groups excluding carboxylic acids is 1. The molecule has 4 atom stereocenters. The fraction of sp³-hybridized carbons (Fsp3) is 0.812. The minimum absolute atomic E-state index is 0.0291. The van der Waals surface area contributed by atoms with E-state index in [1.165, 1.54) is 0 Å². The number of hydrogen-bond acceptors (Lipinski definition) is 5. The van der Waals surface area contributed by atoms with Gasteiger partial charge < -0.3 is 15.0 Å². The number of halogens is 3. The number of ether oxygens (including phenoxy) is 1. The largest absolute Gasteiger partial charge is 0.411 e. The average Bonchev–Trinajstić information content (AvgIpc) is 3.31. The maximum Gasteiger partial charge on any atom is 0.411 e. The van der Waals surface area contributed by atoms with Gasteiger partial charge in [-0.3, -0.25) is 4.79 Å². The first-order valence-electron chi connectivity index (χ1n) is 9.06. The number of nitrogens with one attached hydrogen (secondary N) is 1. The lowest BCUT2D eigenvalue weighted by Crippen LogP contribution is -2.51. The van der Waals surface area contributed by atoms with Crippen LogP contribution in [0.2, 0.25) is 0 Å². The molecule has 26 heavy (non-hydrogen) atoms. The molecule has 0 bridgehead atoms. The third-order valence-corrected chi connectivity index (χ3v) is 5.58. The summed E-state index contributed by atoms with van der Waals surface area (Å²) >= 11 is 0. The third kappa shape index (κ3) is 3.26. The molecule has 1 amide bonds. The Morgan fingerprint density at radius 1 is 1.31 bits per heavy atom. The van der Waals surface area contributed by atoms with Crippen molar-refractivity contribution in [1.29, 1.82) is 0 Å². The number of nitrogens with zero attached hydrogens (tertiary/aromatic N) is 4. The standard InChI is InChI=1S/C16H22F3N5O2/c17-16(18,19)13-7-11(22-15-20-9-21-24(13)15)10-3-1-5-23(8-10)14(25)12-4-2-6-26-12/h9-13H,1-8H2,(H,20,21,22)/t10-,11-,12-,13+/m0/s1. The highest BCUT2D eigenvalue weighted by molar-refractivity contribution is 5.81. The van der Waals surface area contributed by atoms with E-state index in [1.807, 2.05) is 0 Å². The van der Waals surface area contributed by atoms with Gasteiger partial charge in [0.25, 0.3) is 5.91 Å². The molecule has 4 heterocycles. The monoisotopic (exact) mass is 373 g/mol. The summed E-state index contributed by atoms with van der Waals surface area (Å²) in [4.78, 5) is 18.3. The van der Waals surface area contributed by atoms with Gasteiger partial charge in [0.05, 0.1) is 0 Å². The van der Waals surface area contributed by atoms with Gasteiger partial charge in [0, 0.05) is 25.7 Å². The fourth-order valence-corrected chi connectivity index (χ4v) is 4.24. The molecule has 2 saturated heterocycles. The molecule has 0 spiro atoms. The summed E-state index contributed by atoms with van der Waals surface area (Å²) in [5.74, 6) is 0.0640. The average molecular weight is 373 g/mol. The summed E-state index contributed by atoms with van der Waals surface area (Å²) < 4.78 is 46.7. The summed E-state index contributed by atoms with van der Waals surface area (Å²) in [6, 6.07) is -2.08. The SMILES string of the molecule is O=C([C@@H]1CCCO1)N1CCC[C@H]([C@@H]2C[C@H](C(F)(F)F)n3ncnc3N2)C1. The van der Waals surface area contributed by atoms with E-state index in [0.29, 0.717) is 19.7 Å². The van der Waals surface area contributed by atoms with Crippen LogP contribution in [0.15, 0.2) is 6.33 Å². The van der Waals surface area contributed by atoms with Gasteiger partial charge in [-0.2, -0.15) is 23.3 Å². The molecule has 0 unspecified atom stereocenters. The zero-order valence-corrected chi connectivity index (χ0v) is 14.3. The molecule has 0 saturated carbocycles. The molecular weight excluding hydrogens is 351 g/mol. The van der Waals surface area contributed by atoms with Gasteiger partial charge >= 0.3 is 6.18 Å². The van der Waals surface area contributed by atoms with E-state index in [4.69, 9.17) is 4.74 Å². The Kier molecular flexibility index (Phi) is 4.54. The van der Waals surface area contributed by atoms with Crippen molar-refractivity contribution in [1.82, 2.24) is 19.7 Å². The van der Waals surface area contributed by atoms with Crippen molar-refractivity contribution in [2.24, 2.45) is 5.92 Å². The zero-order chi connectivity index (χ0) is 18.3. The quantitative estimate of drug-likeness (QED) is 0.858. The van der Waals surface area contributed by atoms with Crippen LogP contribution in [0.1, 0.15) is 38.1 Å². The van der Waals surface area contributed by atoms with Crippen molar-refractivity contribution in [2.75, 3.05) is 25.0 Å². The molecule has 2 fully saturated rings. The van der Waals surface area contributed by atoms with Crippen molar-refractivity contribution < 1.29 is 22.7 Å². The smallest absolute Gasteiger partial charge is 0.368 e. The Hall–Kier alpha value is -1.84. The molecule has 1 N–H and O–H groups in total. The third-order valence-electron chi connectivity index (χ3n) is 5.58. The van der Waals surface area contributed by atoms with E-state index < -0.39 is 18.3 Å². The van der Waals surface area contributed by atoms with E-state index in [1.54, 1.807) is 4.90 Å². The van der Waals surface area contributed by atoms with Gasteiger partial charge in [-0.05, 0) is 38.0 Å². The summed E-state index contributed by atoms with van der Waals surface area (Å²) in [7, 11) is 0. The topological polar surface area (TPSA) is 72.3 Å². The van der Waals surface area contributed by atoms with E-state index in [0.717, 1.165) is 36.7 Å². The first-order chi connectivity index (χ1) is 12.4. The van der Waals surface area contributed by atoms with Gasteiger partial charge in [0.1, 0.15) is 12.4 Å². The second-order valence-electron chi connectivity index (χ2n) is 7.26. The van der Waals surface area contributed by atoms with Crippen LogP contribution < -0.4 is 5.32 Å². The van der Waals surface area contributed by atoms with Crippen molar-refractivity contribution in [2.45, 2.75) is 56.5 Å². The number of carbonyl (C=O) groups is 1. The first-order valence-corrected chi connectivity index (χ1v) is 9.06. The number of hydrogen-bond donors (Lipinski definition) is 1. The Labute approximate surface area is 148 Å². The Balaban J connectivity index is 1.48. The van der Waals surface area contributed by atoms with Crippen LogP contribution in [0.5, 0.6) is 0 Å². The number of alkyl halides is 3. The Bertz CT molecular complexity index is 659. The number of fused-ring (bicyclic) bond motifs is 1. The molecule has 0 aliphatic carbocycles. The highest BCUT2D eigenvalue weighted by Gasteiger charge is 2.48. The van der Waals surface area contributed by atoms with E-state index in [2.05, 4.69) is 15.4 Å². The highest BCUT2D eigenvalue weighted by Crippen LogP contribution is 2.40. The predicted molar refractivity (Wildman–Crippen MR) is 85.4 cm³/mol. The van der Waals surface area contributed by atoms with Gasteiger partial charge in [-0.15, -0.1) is 0 Å². The second kappa shape index (κ2) is 6.71. The molecule has 3 aliphatic heterocycles. The van der Waals surface area contributed by atoms with Gasteiger partial charge in [-0.25, -0.2) is 4.68 Å². The Morgan fingerprint density at radius 3 is 2.88 bits per heavy atom. The highest BCUT2D eigenvalue weighted by atomic mass is 19.4. The summed E-state index contributed by atoms with van der Waals surface area (Å²) in [5.41, 5.74) is 0. The lowest BCUT2D eigenvalue weighted by molar-refractivity contribution is -0.175. The number of likely N-dealkylation sites (tertiary alicyclic amines) is 1. The predicted octanol–water partition coefficient (Wildman–Crippen LogP) is 1.98. The maximum atomic E-state index is 13.4. The van der Waals surface area contributed by atoms with E-state index in [9.17, 15) is 18.0 Å². The van der Waals surface area contributed by atoms with E-state index in [-0.39, 0.29) is 30.3 Å². The minimum Gasteiger partial charge on any atom is -0.368 e. The molecule has 1 aromatic rings. The number of anilines is 1. The zero-order valence-electron chi connectivity index (χ0n) is 14.3. The molecular formula is C16H22F3N5O2. The lowest BCUT2D eigenvalue weighted by Gasteiger charge is -2.41. The second-order valence-corrected chi connectivity index (χ2v) is 7.26. The van der Waals surface area contributed by atoms with Crippen LogP contribution in [-0.4, -0.2) is 63.6 Å². The summed E-state index contributed by atoms with van der Waals surface area (Å²) in [6.45, 7) is 1.69. The first kappa shape index (κ1) is 17.6. The van der Waals surface area contributed by atoms with E-state index >= 15 is 0 Å². The molecule has 4 rings (SSSR count). The minimum atomic E-state index is -4.38. The van der Waals surface area contributed by atoms with Gasteiger partial charge in [-0.1, -0.05) is 0 Å². The molecule has 3 aliphatic rings. The number of aromatic nitrogens is 3. The van der Waals surface area contributed by atoms with Crippen molar-refractivity contribution >= 4 is 11.9 Å². The molecule has 10 heteroatoms. The molecule has 0 aromatic carbocycles. The van der Waals surface area contributed by atoms with Gasteiger partial charge in [0.15, 0.2) is 6.04 Å². The normalized spacial score (nSPS) is 32.2. The van der Waals surface area contributed by atoms with Crippen LogP contribution in [0.4, 0.5) is 19.1 Å². The van der Waals surface area contributed by atoms with Crippen LogP contribution in [0.3, 0.4) is 0 Å². The van der Waals surface area contributed by atoms with Crippen molar-refractivity contribution in [3.8, 4) is 0 Å². The number of amides is 1. The summed E-state index contributed by atoms with van der Waals surface area (Å²) in [6.07, 6.45) is -0.577. The van der Waals surface area contributed by atoms with Crippen molar-refractivity contribution in [3.63, 3.8) is 0 Å². The molecule has 7 nitrogen and oxygen atoms in total. The van der Waals surface area contributed by atoms with Crippen LogP contribution in [0.25, 0.3) is 0 Å². The van der Waals surface area contributed by atoms with Crippen LogP contribution in [0, 0.1) is 5.92 Å². The van der Waals surface area contributed by atoms with Crippen LogP contribution >= 0.6 is 0 Å². The molecule has 0 radical (unpaired) electrons. The molecule has 1 aromatic heterocycles. The number of piperidine rings is 1. The number of rotatable bonds is 2. The van der Waals surface area contributed by atoms with Crippen LogP contribution in [-0.2, 0) is 9.53 Å². The summed E-state index contributed by atoms with van der Waals surface area (Å²) in [5, 5.41) is 6.82. The van der Waals surface area contributed by atoms with Gasteiger partial charge in [0.2, 0.25) is 5.95 Å². The maximum absolute atomic E-state index is 13.4. The van der Waals surface area contributed by atoms with Crippen molar-refractivity contribution in [3.05, 3.63) is 6.33 Å². The Morgan fingerprint density at radius 2 is 2.15 bits per heavy atom. The fourth-order valence-electron chi connectivity index (χ4n) is 4.24.